The zero-order valence-electron chi connectivity index (χ0n) is 4.89. The predicted molar refractivity (Wildman–Crippen MR) is 39.9 cm³/mol. The summed E-state index contributed by atoms with van der Waals surface area (Å²) in [6.07, 6.45) is 7.69. The minimum Gasteiger partial charge on any atom is -0.0803 e. The summed E-state index contributed by atoms with van der Waals surface area (Å²) in [7, 11) is 0. The summed E-state index contributed by atoms with van der Waals surface area (Å²) in [6, 6.07) is 0. The minimum absolute atomic E-state index is 0.733. The number of halogens is 1. The highest BCUT2D eigenvalue weighted by Crippen LogP contribution is 2.18. The van der Waals surface area contributed by atoms with E-state index in [1.807, 2.05) is 0 Å². The van der Waals surface area contributed by atoms with Gasteiger partial charge in [0, 0.05) is 4.48 Å². The van der Waals surface area contributed by atoms with E-state index in [1.165, 1.54) is 10.9 Å². The summed E-state index contributed by atoms with van der Waals surface area (Å²) in [6.45, 7) is 2.21. The molecular weight excluding hydrogens is 164 g/mol. The van der Waals surface area contributed by atoms with Gasteiger partial charge in [-0.15, -0.1) is 0 Å². The van der Waals surface area contributed by atoms with Crippen LogP contribution in [0.4, 0.5) is 0 Å². The van der Waals surface area contributed by atoms with Gasteiger partial charge in [0.2, 0.25) is 0 Å². The van der Waals surface area contributed by atoms with Gasteiger partial charge < -0.3 is 0 Å². The summed E-state index contributed by atoms with van der Waals surface area (Å²) >= 11 is 3.39. The highest BCUT2D eigenvalue weighted by molar-refractivity contribution is 9.11. The van der Waals surface area contributed by atoms with Crippen LogP contribution in [0.25, 0.3) is 0 Å². The van der Waals surface area contributed by atoms with E-state index in [-0.39, 0.29) is 0 Å². The maximum absolute atomic E-state index is 3.39. The molecule has 0 aromatic rings. The second-order valence-electron chi connectivity index (χ2n) is 2.16. The number of rotatable bonds is 0. The molecule has 0 aliphatic heterocycles. The quantitative estimate of drug-likeness (QED) is 0.528. The molecule has 0 aromatic carbocycles. The maximum atomic E-state index is 3.39. The first-order chi connectivity index (χ1) is 3.79. The van der Waals surface area contributed by atoms with E-state index in [1.54, 1.807) is 0 Å². The van der Waals surface area contributed by atoms with Crippen molar-refractivity contribution in [2.45, 2.75) is 13.3 Å². The Labute approximate surface area is 58.4 Å². The standard InChI is InChI=1S/C7H9Br/c1-6-2-4-7(8)5-3-6/h2,4-6H,3H2,1H3. The van der Waals surface area contributed by atoms with Crippen LogP contribution in [0.5, 0.6) is 0 Å². The second-order valence-corrected chi connectivity index (χ2v) is 3.08. The smallest absolute Gasteiger partial charge is 0.0132 e. The molecule has 1 rings (SSSR count). The highest BCUT2D eigenvalue weighted by atomic mass is 79.9. The molecule has 0 aromatic heterocycles. The zero-order valence-corrected chi connectivity index (χ0v) is 6.48. The number of allylic oxidation sites excluding steroid dienone is 4. The number of hydrogen-bond donors (Lipinski definition) is 0. The SMILES string of the molecule is CC1C=CC(Br)=CC1. The summed E-state index contributed by atoms with van der Waals surface area (Å²) in [5.41, 5.74) is 0. The van der Waals surface area contributed by atoms with Gasteiger partial charge in [0.25, 0.3) is 0 Å². The molecule has 0 amide bonds. The molecule has 0 spiro atoms. The molecule has 0 saturated heterocycles. The molecule has 1 aliphatic carbocycles. The Morgan fingerprint density at radius 2 is 2.50 bits per heavy atom. The lowest BCUT2D eigenvalue weighted by Gasteiger charge is -2.05. The molecule has 8 heavy (non-hydrogen) atoms. The third-order valence-corrected chi connectivity index (χ3v) is 1.86. The van der Waals surface area contributed by atoms with Gasteiger partial charge in [0.15, 0.2) is 0 Å². The monoisotopic (exact) mass is 172 g/mol. The van der Waals surface area contributed by atoms with E-state index < -0.39 is 0 Å². The fraction of sp³-hybridized carbons (Fsp3) is 0.429. The Morgan fingerprint density at radius 1 is 1.75 bits per heavy atom. The molecule has 0 N–H and O–H groups in total. The van der Waals surface area contributed by atoms with Crippen molar-refractivity contribution < 1.29 is 0 Å². The first-order valence-corrected chi connectivity index (χ1v) is 3.62. The van der Waals surface area contributed by atoms with Gasteiger partial charge >= 0.3 is 0 Å². The normalized spacial score (nSPS) is 27.8. The minimum atomic E-state index is 0.733. The van der Waals surface area contributed by atoms with Crippen molar-refractivity contribution in [2.75, 3.05) is 0 Å². The molecule has 0 radical (unpaired) electrons. The highest BCUT2D eigenvalue weighted by Gasteiger charge is 1.98. The van der Waals surface area contributed by atoms with Gasteiger partial charge in [0.05, 0.1) is 0 Å². The molecule has 0 heterocycles. The molecular formula is C7H9Br. The lowest BCUT2D eigenvalue weighted by molar-refractivity contribution is 0.736. The molecule has 1 atom stereocenters. The summed E-state index contributed by atoms with van der Waals surface area (Å²) in [4.78, 5) is 0. The van der Waals surface area contributed by atoms with Crippen molar-refractivity contribution in [3.05, 3.63) is 22.7 Å². The van der Waals surface area contributed by atoms with E-state index >= 15 is 0 Å². The zero-order chi connectivity index (χ0) is 5.98. The van der Waals surface area contributed by atoms with Crippen LogP contribution in [-0.4, -0.2) is 0 Å². The van der Waals surface area contributed by atoms with E-state index in [0.717, 1.165) is 5.92 Å². The Bertz CT molecular complexity index is 133. The Morgan fingerprint density at radius 3 is 2.88 bits per heavy atom. The van der Waals surface area contributed by atoms with Gasteiger partial charge in [0.1, 0.15) is 0 Å². The van der Waals surface area contributed by atoms with Crippen molar-refractivity contribution in [3.8, 4) is 0 Å². The Hall–Kier alpha value is -0.0400. The first kappa shape index (κ1) is 6.09. The Balaban J connectivity index is 2.58. The predicted octanol–water partition coefficient (Wildman–Crippen LogP) is 2.86. The fourth-order valence-electron chi connectivity index (χ4n) is 0.701. The average molecular weight is 173 g/mol. The van der Waals surface area contributed by atoms with Gasteiger partial charge in [-0.2, -0.15) is 0 Å². The first-order valence-electron chi connectivity index (χ1n) is 2.83. The van der Waals surface area contributed by atoms with Gasteiger partial charge in [-0.3, -0.25) is 0 Å². The van der Waals surface area contributed by atoms with Crippen LogP contribution in [-0.2, 0) is 0 Å². The summed E-state index contributed by atoms with van der Waals surface area (Å²) in [5.74, 6) is 0.733. The van der Waals surface area contributed by atoms with Crippen LogP contribution >= 0.6 is 15.9 Å². The van der Waals surface area contributed by atoms with E-state index in [2.05, 4.69) is 41.1 Å². The van der Waals surface area contributed by atoms with Crippen molar-refractivity contribution in [1.82, 2.24) is 0 Å². The van der Waals surface area contributed by atoms with Crippen LogP contribution in [0.2, 0.25) is 0 Å². The third-order valence-electron chi connectivity index (χ3n) is 1.27. The van der Waals surface area contributed by atoms with E-state index in [9.17, 15) is 0 Å². The van der Waals surface area contributed by atoms with Crippen LogP contribution in [0.1, 0.15) is 13.3 Å². The Kier molecular flexibility index (Phi) is 1.90. The fourth-order valence-corrected chi connectivity index (χ4v) is 1.04. The number of hydrogen-bond acceptors (Lipinski definition) is 0. The maximum Gasteiger partial charge on any atom is 0.0132 e. The van der Waals surface area contributed by atoms with E-state index in [4.69, 9.17) is 0 Å². The van der Waals surface area contributed by atoms with Crippen molar-refractivity contribution in [2.24, 2.45) is 5.92 Å². The van der Waals surface area contributed by atoms with Crippen molar-refractivity contribution in [3.63, 3.8) is 0 Å². The largest absolute Gasteiger partial charge is 0.0803 e. The molecule has 44 valence electrons. The van der Waals surface area contributed by atoms with Crippen LogP contribution in [0.3, 0.4) is 0 Å². The topological polar surface area (TPSA) is 0 Å². The summed E-state index contributed by atoms with van der Waals surface area (Å²) < 4.78 is 1.22. The lowest BCUT2D eigenvalue weighted by Crippen LogP contribution is -1.90. The molecule has 0 saturated carbocycles. The van der Waals surface area contributed by atoms with Crippen LogP contribution in [0.15, 0.2) is 22.7 Å². The molecule has 1 aliphatic rings. The van der Waals surface area contributed by atoms with Crippen LogP contribution < -0.4 is 0 Å². The van der Waals surface area contributed by atoms with Crippen molar-refractivity contribution in [1.29, 1.82) is 0 Å². The van der Waals surface area contributed by atoms with Gasteiger partial charge in [-0.1, -0.05) is 41.1 Å². The second kappa shape index (κ2) is 2.49. The van der Waals surface area contributed by atoms with Crippen LogP contribution in [0, 0.1) is 5.92 Å². The molecule has 0 nitrogen and oxygen atoms in total. The average Bonchev–Trinajstić information content (AvgIpc) is 1.77. The van der Waals surface area contributed by atoms with Crippen molar-refractivity contribution >= 4 is 15.9 Å². The molecule has 0 fully saturated rings. The lowest BCUT2D eigenvalue weighted by atomic mass is 10.0. The molecule has 1 heteroatoms. The molecule has 1 unspecified atom stereocenters. The van der Waals surface area contributed by atoms with Gasteiger partial charge in [-0.05, 0) is 12.3 Å². The summed E-state index contributed by atoms with van der Waals surface area (Å²) in [5, 5.41) is 0. The van der Waals surface area contributed by atoms with E-state index in [0.29, 0.717) is 0 Å². The molecule has 0 bridgehead atoms. The third kappa shape index (κ3) is 1.48. The van der Waals surface area contributed by atoms with Gasteiger partial charge in [-0.25, -0.2) is 0 Å².